The van der Waals surface area contributed by atoms with Gasteiger partial charge in [-0.05, 0) is 23.3 Å². The van der Waals surface area contributed by atoms with E-state index in [4.69, 9.17) is 0 Å². The Bertz CT molecular complexity index is 991. The number of hydrogen-bond acceptors (Lipinski definition) is 4. The SMILES string of the molecule is O=C(CN1C(=O)c2ccccc2C1=O)NN(Cc1ccccc1)Cc1ccccc1. The van der Waals surface area contributed by atoms with Crippen molar-refractivity contribution in [3.8, 4) is 0 Å². The lowest BCUT2D eigenvalue weighted by Gasteiger charge is -2.24. The van der Waals surface area contributed by atoms with E-state index in [1.54, 1.807) is 29.3 Å². The molecule has 0 bridgehead atoms. The summed E-state index contributed by atoms with van der Waals surface area (Å²) in [5.41, 5.74) is 5.60. The van der Waals surface area contributed by atoms with Gasteiger partial charge in [0.2, 0.25) is 0 Å². The Hall–Kier alpha value is -3.77. The first-order valence-corrected chi connectivity index (χ1v) is 9.69. The number of carbonyl (C=O) groups is 3. The molecule has 6 nitrogen and oxygen atoms in total. The van der Waals surface area contributed by atoms with Crippen LogP contribution in [0, 0.1) is 0 Å². The molecular formula is C24H21N3O3. The van der Waals surface area contributed by atoms with Crippen LogP contribution < -0.4 is 5.43 Å². The standard InChI is InChI=1S/C24H21N3O3/c28-22(17-27-23(29)20-13-7-8-14-21(20)24(27)30)25-26(15-18-9-3-1-4-10-18)16-19-11-5-2-6-12-19/h1-14H,15-17H2,(H,25,28). The Morgan fingerprint density at radius 1 is 0.700 bits per heavy atom. The van der Waals surface area contributed by atoms with Gasteiger partial charge in [0.05, 0.1) is 11.1 Å². The minimum Gasteiger partial charge on any atom is -0.287 e. The quantitative estimate of drug-likeness (QED) is 0.490. The lowest BCUT2D eigenvalue weighted by Crippen LogP contribution is -2.47. The number of fused-ring (bicyclic) bond motifs is 1. The van der Waals surface area contributed by atoms with Crippen LogP contribution in [0.4, 0.5) is 0 Å². The first-order chi connectivity index (χ1) is 14.6. The van der Waals surface area contributed by atoms with E-state index >= 15 is 0 Å². The van der Waals surface area contributed by atoms with Gasteiger partial charge in [0, 0.05) is 13.1 Å². The lowest BCUT2D eigenvalue weighted by atomic mass is 10.1. The van der Waals surface area contributed by atoms with Gasteiger partial charge in [0.1, 0.15) is 6.54 Å². The average Bonchev–Trinajstić information content (AvgIpc) is 3.00. The van der Waals surface area contributed by atoms with Gasteiger partial charge in [-0.3, -0.25) is 24.7 Å². The third-order valence-corrected chi connectivity index (χ3v) is 4.90. The zero-order valence-electron chi connectivity index (χ0n) is 16.3. The van der Waals surface area contributed by atoms with Crippen LogP contribution in [0.5, 0.6) is 0 Å². The van der Waals surface area contributed by atoms with Gasteiger partial charge in [-0.1, -0.05) is 72.8 Å². The highest BCUT2D eigenvalue weighted by Gasteiger charge is 2.36. The van der Waals surface area contributed by atoms with Crippen LogP contribution in [-0.4, -0.2) is 34.2 Å². The predicted octanol–water partition coefficient (Wildman–Crippen LogP) is 3.02. The second-order valence-electron chi connectivity index (χ2n) is 7.10. The molecule has 0 radical (unpaired) electrons. The third-order valence-electron chi connectivity index (χ3n) is 4.90. The highest BCUT2D eigenvalue weighted by Crippen LogP contribution is 2.22. The van der Waals surface area contributed by atoms with Crippen LogP contribution in [0.3, 0.4) is 0 Å². The van der Waals surface area contributed by atoms with Crippen molar-refractivity contribution in [2.75, 3.05) is 6.54 Å². The zero-order chi connectivity index (χ0) is 20.9. The summed E-state index contributed by atoms with van der Waals surface area (Å²) in [6.45, 7) is 0.652. The molecule has 0 saturated heterocycles. The second kappa shape index (κ2) is 8.71. The molecule has 6 heteroatoms. The van der Waals surface area contributed by atoms with Crippen molar-refractivity contribution in [2.24, 2.45) is 0 Å². The summed E-state index contributed by atoms with van der Waals surface area (Å²) < 4.78 is 0. The molecule has 0 unspecified atom stereocenters. The van der Waals surface area contributed by atoms with E-state index in [1.807, 2.05) is 60.7 Å². The van der Waals surface area contributed by atoms with E-state index in [0.717, 1.165) is 16.0 Å². The number of nitrogens with one attached hydrogen (secondary N) is 1. The van der Waals surface area contributed by atoms with E-state index < -0.39 is 17.7 Å². The molecular weight excluding hydrogens is 378 g/mol. The number of hydrazine groups is 1. The molecule has 1 aliphatic heterocycles. The minimum atomic E-state index is -0.441. The summed E-state index contributed by atoms with van der Waals surface area (Å²) in [7, 11) is 0. The molecule has 0 fully saturated rings. The van der Waals surface area contributed by atoms with E-state index in [2.05, 4.69) is 5.43 Å². The molecule has 1 heterocycles. The molecule has 0 aromatic heterocycles. The Kier molecular flexibility index (Phi) is 5.68. The van der Waals surface area contributed by atoms with Crippen LogP contribution in [0.2, 0.25) is 0 Å². The second-order valence-corrected chi connectivity index (χ2v) is 7.10. The maximum absolute atomic E-state index is 12.7. The summed E-state index contributed by atoms with van der Waals surface area (Å²) in [5.74, 6) is -1.30. The molecule has 0 aliphatic carbocycles. The zero-order valence-corrected chi connectivity index (χ0v) is 16.3. The first kappa shape index (κ1) is 19.5. The average molecular weight is 399 g/mol. The maximum atomic E-state index is 12.7. The molecule has 0 atom stereocenters. The summed E-state index contributed by atoms with van der Waals surface area (Å²) in [6.07, 6.45) is 0. The number of imide groups is 1. The molecule has 3 aromatic rings. The number of benzene rings is 3. The molecule has 30 heavy (non-hydrogen) atoms. The summed E-state index contributed by atoms with van der Waals surface area (Å²) in [5, 5.41) is 1.78. The summed E-state index contributed by atoms with van der Waals surface area (Å²) >= 11 is 0. The highest BCUT2D eigenvalue weighted by molar-refractivity contribution is 6.22. The van der Waals surface area contributed by atoms with Crippen molar-refractivity contribution in [1.29, 1.82) is 0 Å². The minimum absolute atomic E-state index is 0.327. The fourth-order valence-corrected chi connectivity index (χ4v) is 3.48. The molecule has 150 valence electrons. The van der Waals surface area contributed by atoms with Gasteiger partial charge in [0.25, 0.3) is 17.7 Å². The Labute approximate surface area is 174 Å². The fourth-order valence-electron chi connectivity index (χ4n) is 3.48. The predicted molar refractivity (Wildman–Crippen MR) is 112 cm³/mol. The third kappa shape index (κ3) is 4.29. The molecule has 3 amide bonds. The number of nitrogens with zero attached hydrogens (tertiary/aromatic N) is 2. The van der Waals surface area contributed by atoms with Gasteiger partial charge < -0.3 is 0 Å². The molecule has 0 saturated carbocycles. The smallest absolute Gasteiger partial charge is 0.262 e. The number of amides is 3. The van der Waals surface area contributed by atoms with Crippen LogP contribution in [0.15, 0.2) is 84.9 Å². The van der Waals surface area contributed by atoms with Crippen molar-refractivity contribution < 1.29 is 14.4 Å². The summed E-state index contributed by atoms with van der Waals surface area (Å²) in [6, 6.07) is 26.2. The maximum Gasteiger partial charge on any atom is 0.262 e. The van der Waals surface area contributed by atoms with Gasteiger partial charge in [-0.25, -0.2) is 5.01 Å². The highest BCUT2D eigenvalue weighted by atomic mass is 16.2. The van der Waals surface area contributed by atoms with Gasteiger partial charge in [-0.15, -0.1) is 0 Å². The Morgan fingerprint density at radius 2 is 1.13 bits per heavy atom. The number of hydrogen-bond donors (Lipinski definition) is 1. The molecule has 4 rings (SSSR count). The number of carbonyl (C=O) groups excluding carboxylic acids is 3. The van der Waals surface area contributed by atoms with Crippen molar-refractivity contribution in [3.05, 3.63) is 107 Å². The monoisotopic (exact) mass is 399 g/mol. The van der Waals surface area contributed by atoms with Gasteiger partial charge in [-0.2, -0.15) is 0 Å². The van der Waals surface area contributed by atoms with Crippen molar-refractivity contribution in [3.63, 3.8) is 0 Å². The van der Waals surface area contributed by atoms with Crippen LogP contribution in [-0.2, 0) is 17.9 Å². The largest absolute Gasteiger partial charge is 0.287 e. The Morgan fingerprint density at radius 3 is 1.60 bits per heavy atom. The lowest BCUT2D eigenvalue weighted by molar-refractivity contribution is -0.126. The van der Waals surface area contributed by atoms with Crippen molar-refractivity contribution in [2.45, 2.75) is 13.1 Å². The fraction of sp³-hybridized carbons (Fsp3) is 0.125. The van der Waals surface area contributed by atoms with E-state index in [9.17, 15) is 14.4 Å². The molecule has 1 aliphatic rings. The number of rotatable bonds is 7. The van der Waals surface area contributed by atoms with Gasteiger partial charge >= 0.3 is 0 Å². The van der Waals surface area contributed by atoms with E-state index in [0.29, 0.717) is 24.2 Å². The van der Waals surface area contributed by atoms with E-state index in [1.165, 1.54) is 0 Å². The molecule has 0 spiro atoms. The van der Waals surface area contributed by atoms with Crippen LogP contribution >= 0.6 is 0 Å². The van der Waals surface area contributed by atoms with Gasteiger partial charge in [0.15, 0.2) is 0 Å². The van der Waals surface area contributed by atoms with Crippen LogP contribution in [0.25, 0.3) is 0 Å². The normalized spacial score (nSPS) is 12.9. The van der Waals surface area contributed by atoms with Crippen molar-refractivity contribution in [1.82, 2.24) is 15.3 Å². The molecule has 1 N–H and O–H groups in total. The topological polar surface area (TPSA) is 69.7 Å². The Balaban J connectivity index is 1.46. The van der Waals surface area contributed by atoms with E-state index in [-0.39, 0.29) is 6.54 Å². The van der Waals surface area contributed by atoms with Crippen molar-refractivity contribution >= 4 is 17.7 Å². The first-order valence-electron chi connectivity index (χ1n) is 9.69. The summed E-state index contributed by atoms with van der Waals surface area (Å²) in [4.78, 5) is 38.8. The molecule has 3 aromatic carbocycles. The van der Waals surface area contributed by atoms with Crippen LogP contribution in [0.1, 0.15) is 31.8 Å².